The second kappa shape index (κ2) is 9.29. The Bertz CT molecular complexity index is 890. The van der Waals surface area contributed by atoms with Crippen LogP contribution in [0.4, 0.5) is 0 Å². The van der Waals surface area contributed by atoms with Gasteiger partial charge in [-0.2, -0.15) is 0 Å². The summed E-state index contributed by atoms with van der Waals surface area (Å²) in [5.41, 5.74) is 2.75. The van der Waals surface area contributed by atoms with E-state index in [2.05, 4.69) is 26.9 Å². The first-order valence-electron chi connectivity index (χ1n) is 12.0. The Morgan fingerprint density at radius 3 is 2.53 bits per heavy atom. The number of fused-ring (bicyclic) bond motifs is 1. The molecule has 1 saturated carbocycles. The maximum absolute atomic E-state index is 13.0. The fraction of sp³-hybridized carbons (Fsp3) is 0.625. The van der Waals surface area contributed by atoms with Crippen LogP contribution in [0.3, 0.4) is 0 Å². The van der Waals surface area contributed by atoms with Crippen LogP contribution in [0.1, 0.15) is 60.0 Å². The van der Waals surface area contributed by atoms with Gasteiger partial charge in [-0.1, -0.05) is 12.1 Å². The highest BCUT2D eigenvalue weighted by molar-refractivity contribution is 6.05. The predicted octanol–water partition coefficient (Wildman–Crippen LogP) is 0.754. The van der Waals surface area contributed by atoms with Gasteiger partial charge in [0.25, 0.3) is 5.91 Å². The van der Waals surface area contributed by atoms with E-state index >= 15 is 0 Å². The zero-order chi connectivity index (χ0) is 22.1. The minimum Gasteiger partial charge on any atom is -0.322 e. The number of imide groups is 1. The molecule has 1 aliphatic carbocycles. The molecule has 1 atom stereocenters. The molecule has 8 nitrogen and oxygen atoms in total. The molecule has 5 rings (SSSR count). The minimum absolute atomic E-state index is 0.104. The van der Waals surface area contributed by atoms with Crippen LogP contribution in [0.5, 0.6) is 0 Å². The summed E-state index contributed by atoms with van der Waals surface area (Å²) < 4.78 is 0. The van der Waals surface area contributed by atoms with E-state index in [4.69, 9.17) is 0 Å². The first-order chi connectivity index (χ1) is 15.6. The summed E-state index contributed by atoms with van der Waals surface area (Å²) in [6.07, 6.45) is 5.57. The van der Waals surface area contributed by atoms with Gasteiger partial charge in [-0.3, -0.25) is 24.6 Å². The van der Waals surface area contributed by atoms with Gasteiger partial charge in [0.2, 0.25) is 11.8 Å². The molecule has 32 heavy (non-hydrogen) atoms. The molecular weight excluding hydrogens is 406 g/mol. The lowest BCUT2D eigenvalue weighted by molar-refractivity contribution is -0.136. The largest absolute Gasteiger partial charge is 0.322 e. The monoisotopic (exact) mass is 439 g/mol. The molecule has 2 saturated heterocycles. The minimum atomic E-state index is -0.556. The topological polar surface area (TPSA) is 93.8 Å². The van der Waals surface area contributed by atoms with E-state index in [0.29, 0.717) is 24.6 Å². The molecule has 3 heterocycles. The number of hydrogen-bond donors (Lipinski definition) is 3. The molecule has 8 heteroatoms. The predicted molar refractivity (Wildman–Crippen MR) is 120 cm³/mol. The smallest absolute Gasteiger partial charge is 0.255 e. The number of nitrogens with zero attached hydrogens (tertiary/aromatic N) is 2. The second-order valence-corrected chi connectivity index (χ2v) is 9.56. The lowest BCUT2D eigenvalue weighted by Crippen LogP contribution is -2.52. The number of piperidine rings is 1. The highest BCUT2D eigenvalue weighted by Crippen LogP contribution is 2.29. The van der Waals surface area contributed by atoms with Crippen molar-refractivity contribution in [2.75, 3.05) is 26.2 Å². The third-order valence-electron chi connectivity index (χ3n) is 7.55. The summed E-state index contributed by atoms with van der Waals surface area (Å²) >= 11 is 0. The molecule has 3 amide bonds. The maximum atomic E-state index is 13.0. The zero-order valence-corrected chi connectivity index (χ0v) is 18.6. The number of nitrogens with one attached hydrogen (secondary N) is 3. The van der Waals surface area contributed by atoms with Gasteiger partial charge >= 0.3 is 0 Å². The molecule has 4 aliphatic rings. The van der Waals surface area contributed by atoms with Crippen molar-refractivity contribution in [2.45, 2.75) is 69.7 Å². The molecule has 172 valence electrons. The molecule has 3 N–H and O–H groups in total. The third-order valence-corrected chi connectivity index (χ3v) is 7.55. The van der Waals surface area contributed by atoms with Gasteiger partial charge < -0.3 is 15.5 Å². The van der Waals surface area contributed by atoms with Crippen LogP contribution >= 0.6 is 0 Å². The number of benzene rings is 1. The van der Waals surface area contributed by atoms with Crippen molar-refractivity contribution in [1.82, 2.24) is 25.8 Å². The van der Waals surface area contributed by atoms with E-state index in [1.165, 1.54) is 38.8 Å². The fourth-order valence-electron chi connectivity index (χ4n) is 5.67. The standard InChI is InChI=1S/C24H33N5O3/c30-22-8-7-21(23(31)27-22)29-15-17-2-1-16(13-20(17)24(29)32)14-26-18-3-5-19(6-4-18)28-11-9-25-10-12-28/h1-2,13,18-19,21,25-26H,3-12,14-15H2,(H,27,30,31). The molecule has 0 aromatic heterocycles. The Morgan fingerprint density at radius 1 is 1.00 bits per heavy atom. The summed E-state index contributed by atoms with van der Waals surface area (Å²) in [7, 11) is 0. The van der Waals surface area contributed by atoms with Gasteiger partial charge in [-0.25, -0.2) is 0 Å². The van der Waals surface area contributed by atoms with E-state index in [0.717, 1.165) is 36.8 Å². The van der Waals surface area contributed by atoms with Crippen LogP contribution in [0.25, 0.3) is 0 Å². The highest BCUT2D eigenvalue weighted by atomic mass is 16.2. The summed E-state index contributed by atoms with van der Waals surface area (Å²) in [5, 5.41) is 9.49. The summed E-state index contributed by atoms with van der Waals surface area (Å²) in [6, 6.07) is 6.77. The van der Waals surface area contributed by atoms with Gasteiger partial charge in [0.15, 0.2) is 0 Å². The Morgan fingerprint density at radius 2 is 1.78 bits per heavy atom. The fourth-order valence-corrected chi connectivity index (χ4v) is 5.67. The highest BCUT2D eigenvalue weighted by Gasteiger charge is 2.39. The van der Waals surface area contributed by atoms with E-state index < -0.39 is 6.04 Å². The van der Waals surface area contributed by atoms with Crippen molar-refractivity contribution in [2.24, 2.45) is 0 Å². The van der Waals surface area contributed by atoms with Gasteiger partial charge in [-0.05, 0) is 49.3 Å². The van der Waals surface area contributed by atoms with Crippen molar-refractivity contribution in [3.05, 3.63) is 34.9 Å². The Hall–Kier alpha value is -2.29. The van der Waals surface area contributed by atoms with E-state index in [9.17, 15) is 14.4 Å². The van der Waals surface area contributed by atoms with Gasteiger partial charge in [0.05, 0.1) is 0 Å². The van der Waals surface area contributed by atoms with Crippen molar-refractivity contribution < 1.29 is 14.4 Å². The van der Waals surface area contributed by atoms with Crippen LogP contribution < -0.4 is 16.0 Å². The van der Waals surface area contributed by atoms with Crippen LogP contribution in [-0.4, -0.2) is 71.8 Å². The molecular formula is C24H33N5O3. The number of hydrogen-bond acceptors (Lipinski definition) is 6. The van der Waals surface area contributed by atoms with Gasteiger partial charge in [0.1, 0.15) is 6.04 Å². The van der Waals surface area contributed by atoms with E-state index in [-0.39, 0.29) is 24.1 Å². The Balaban J connectivity index is 1.14. The molecule has 3 fully saturated rings. The van der Waals surface area contributed by atoms with E-state index in [1.54, 1.807) is 4.90 Å². The van der Waals surface area contributed by atoms with Crippen LogP contribution in [0, 0.1) is 0 Å². The molecule has 3 aliphatic heterocycles. The number of carbonyl (C=O) groups excluding carboxylic acids is 3. The SMILES string of the molecule is O=C1CCC(N2Cc3ccc(CNC4CCC(N5CCNCC5)CC4)cc3C2=O)C(=O)N1. The van der Waals surface area contributed by atoms with Crippen molar-refractivity contribution >= 4 is 17.7 Å². The van der Waals surface area contributed by atoms with Gasteiger partial charge in [0, 0.05) is 63.3 Å². The number of rotatable bonds is 5. The lowest BCUT2D eigenvalue weighted by Gasteiger charge is -2.39. The summed E-state index contributed by atoms with van der Waals surface area (Å²) in [4.78, 5) is 40.9. The van der Waals surface area contributed by atoms with Crippen LogP contribution in [-0.2, 0) is 22.7 Å². The molecule has 1 aromatic carbocycles. The maximum Gasteiger partial charge on any atom is 0.255 e. The molecule has 1 unspecified atom stereocenters. The number of piperazine rings is 1. The van der Waals surface area contributed by atoms with Crippen LogP contribution in [0.15, 0.2) is 18.2 Å². The van der Waals surface area contributed by atoms with Gasteiger partial charge in [-0.15, -0.1) is 0 Å². The second-order valence-electron chi connectivity index (χ2n) is 9.56. The number of amides is 3. The Kier molecular flexibility index (Phi) is 6.26. The number of carbonyl (C=O) groups is 3. The van der Waals surface area contributed by atoms with E-state index in [1.807, 2.05) is 12.1 Å². The molecule has 0 spiro atoms. The average molecular weight is 440 g/mol. The molecule has 0 bridgehead atoms. The average Bonchev–Trinajstić information content (AvgIpc) is 3.14. The van der Waals surface area contributed by atoms with Crippen LogP contribution in [0.2, 0.25) is 0 Å². The van der Waals surface area contributed by atoms with Crippen molar-refractivity contribution in [1.29, 1.82) is 0 Å². The first-order valence-corrected chi connectivity index (χ1v) is 12.0. The summed E-state index contributed by atoms with van der Waals surface area (Å²) in [6.45, 7) is 5.74. The quantitative estimate of drug-likeness (QED) is 0.587. The van der Waals surface area contributed by atoms with Crippen molar-refractivity contribution in [3.63, 3.8) is 0 Å². The molecule has 1 aromatic rings. The first kappa shape index (κ1) is 21.6. The normalized spacial score (nSPS) is 29.2. The lowest BCUT2D eigenvalue weighted by atomic mass is 9.89. The summed E-state index contributed by atoms with van der Waals surface area (Å²) in [5.74, 6) is -0.723. The van der Waals surface area contributed by atoms with Crippen molar-refractivity contribution in [3.8, 4) is 0 Å². The zero-order valence-electron chi connectivity index (χ0n) is 18.6. The Labute approximate surface area is 189 Å². The molecule has 0 radical (unpaired) electrons. The third kappa shape index (κ3) is 4.44.